The summed E-state index contributed by atoms with van der Waals surface area (Å²) in [6.45, 7) is 1.85. The average molecular weight is 290 g/mol. The molecule has 2 saturated heterocycles. The van der Waals surface area contributed by atoms with E-state index < -0.39 is 5.54 Å². The summed E-state index contributed by atoms with van der Waals surface area (Å²) in [4.78, 5) is 37.4. The number of carbonyl (C=O) groups is 2. The van der Waals surface area contributed by atoms with Gasteiger partial charge in [0.2, 0.25) is 0 Å². The fourth-order valence-electron chi connectivity index (χ4n) is 2.93. The first-order valence-electron chi connectivity index (χ1n) is 7.13. The first-order valence-corrected chi connectivity index (χ1v) is 7.13. The van der Waals surface area contributed by atoms with Gasteiger partial charge in [0.15, 0.2) is 0 Å². The number of nitrogens with one attached hydrogen (secondary N) is 2. The molecule has 0 aliphatic carbocycles. The van der Waals surface area contributed by atoms with Gasteiger partial charge in [-0.15, -0.1) is 0 Å². The van der Waals surface area contributed by atoms with Crippen LogP contribution in [0.25, 0.3) is 0 Å². The smallest absolute Gasteiger partial charge is 0.322 e. The second kappa shape index (κ2) is 5.33. The van der Waals surface area contributed by atoms with Crippen LogP contribution in [0, 0.1) is 0 Å². The van der Waals surface area contributed by atoms with Gasteiger partial charge in [-0.05, 0) is 25.5 Å². The predicted molar refractivity (Wildman–Crippen MR) is 75.8 cm³/mol. The van der Waals surface area contributed by atoms with E-state index in [0.717, 1.165) is 13.0 Å². The van der Waals surface area contributed by atoms with Crippen LogP contribution in [0.2, 0.25) is 0 Å². The van der Waals surface area contributed by atoms with Gasteiger partial charge in [-0.3, -0.25) is 14.5 Å². The molecule has 7 nitrogen and oxygen atoms in total. The molecular formula is C14H18N4O3. The first-order chi connectivity index (χ1) is 10.1. The Morgan fingerprint density at radius 1 is 1.19 bits per heavy atom. The van der Waals surface area contributed by atoms with E-state index >= 15 is 0 Å². The number of rotatable bonds is 3. The topological polar surface area (TPSA) is 83.4 Å². The van der Waals surface area contributed by atoms with Crippen molar-refractivity contribution < 1.29 is 9.59 Å². The summed E-state index contributed by atoms with van der Waals surface area (Å²) in [6.07, 6.45) is 3.17. The van der Waals surface area contributed by atoms with Crippen molar-refractivity contribution in [2.24, 2.45) is 0 Å². The van der Waals surface area contributed by atoms with E-state index in [4.69, 9.17) is 0 Å². The molecule has 1 aromatic rings. The van der Waals surface area contributed by atoms with Crippen LogP contribution in [-0.2, 0) is 11.3 Å². The lowest BCUT2D eigenvalue weighted by Gasteiger charge is -2.31. The molecular weight excluding hydrogens is 272 g/mol. The molecule has 0 saturated carbocycles. The van der Waals surface area contributed by atoms with Crippen molar-refractivity contribution in [1.29, 1.82) is 0 Å². The van der Waals surface area contributed by atoms with Crippen molar-refractivity contribution in [1.82, 2.24) is 20.1 Å². The lowest BCUT2D eigenvalue weighted by atomic mass is 9.90. The third kappa shape index (κ3) is 2.44. The van der Waals surface area contributed by atoms with Crippen LogP contribution in [0.15, 0.2) is 29.2 Å². The highest BCUT2D eigenvalue weighted by atomic mass is 16.2. The van der Waals surface area contributed by atoms with E-state index in [0.29, 0.717) is 19.5 Å². The van der Waals surface area contributed by atoms with Crippen LogP contribution in [0.4, 0.5) is 4.79 Å². The molecule has 2 aliphatic heterocycles. The maximum Gasteiger partial charge on any atom is 0.325 e. The Hall–Kier alpha value is -2.15. The van der Waals surface area contributed by atoms with Gasteiger partial charge < -0.3 is 15.2 Å². The van der Waals surface area contributed by atoms with Gasteiger partial charge in [0.05, 0.1) is 0 Å². The lowest BCUT2D eigenvalue weighted by molar-refractivity contribution is -0.132. The predicted octanol–water partition coefficient (Wildman–Crippen LogP) is -0.478. The molecule has 3 amide bonds. The van der Waals surface area contributed by atoms with E-state index in [2.05, 4.69) is 10.6 Å². The van der Waals surface area contributed by atoms with E-state index in [1.54, 1.807) is 18.3 Å². The molecule has 2 N–H and O–H groups in total. The zero-order chi connectivity index (χ0) is 14.9. The van der Waals surface area contributed by atoms with Gasteiger partial charge >= 0.3 is 6.03 Å². The number of hydrogen-bond donors (Lipinski definition) is 2. The van der Waals surface area contributed by atoms with Crippen LogP contribution < -0.4 is 16.2 Å². The van der Waals surface area contributed by atoms with Crippen molar-refractivity contribution in [2.45, 2.75) is 24.9 Å². The number of pyridine rings is 1. The minimum atomic E-state index is -0.795. The molecule has 3 rings (SSSR count). The number of hydrogen-bond acceptors (Lipinski definition) is 4. The lowest BCUT2D eigenvalue weighted by Crippen LogP contribution is -2.57. The summed E-state index contributed by atoms with van der Waals surface area (Å²) < 4.78 is 1.49. The first kappa shape index (κ1) is 13.8. The Bertz CT molecular complexity index is 619. The minimum absolute atomic E-state index is 0.140. The van der Waals surface area contributed by atoms with Crippen molar-refractivity contribution in [2.75, 3.05) is 19.6 Å². The van der Waals surface area contributed by atoms with Crippen LogP contribution in [-0.4, -0.2) is 46.6 Å². The summed E-state index contributed by atoms with van der Waals surface area (Å²) in [5, 5.41) is 5.96. The second-order valence-corrected chi connectivity index (χ2v) is 5.48. The molecule has 7 heteroatoms. The summed E-state index contributed by atoms with van der Waals surface area (Å²) >= 11 is 0. The molecule has 112 valence electrons. The highest BCUT2D eigenvalue weighted by molar-refractivity contribution is 6.07. The number of urea groups is 1. The molecule has 21 heavy (non-hydrogen) atoms. The number of imide groups is 1. The van der Waals surface area contributed by atoms with Crippen LogP contribution >= 0.6 is 0 Å². The summed E-state index contributed by atoms with van der Waals surface area (Å²) in [5.74, 6) is -0.191. The molecule has 1 atom stereocenters. The summed E-state index contributed by atoms with van der Waals surface area (Å²) in [5.41, 5.74) is -0.935. The highest BCUT2D eigenvalue weighted by Gasteiger charge is 2.51. The molecule has 2 fully saturated rings. The maximum absolute atomic E-state index is 12.5. The Morgan fingerprint density at radius 2 is 2.05 bits per heavy atom. The van der Waals surface area contributed by atoms with Gasteiger partial charge in [-0.1, -0.05) is 6.07 Å². The molecule has 1 aromatic heterocycles. The number of amides is 3. The Kier molecular flexibility index (Phi) is 3.50. The second-order valence-electron chi connectivity index (χ2n) is 5.48. The van der Waals surface area contributed by atoms with Gasteiger partial charge in [0.25, 0.3) is 11.5 Å². The van der Waals surface area contributed by atoms with Crippen LogP contribution in [0.1, 0.15) is 12.8 Å². The molecule has 0 bridgehead atoms. The van der Waals surface area contributed by atoms with Crippen molar-refractivity contribution in [3.63, 3.8) is 0 Å². The standard InChI is InChI=1S/C14H18N4O3/c19-11-4-1-2-7-17(11)8-9-18-12(20)14(16-13(18)21)5-3-6-15-10-14/h1-2,4,7,15H,3,5-6,8-10H2,(H,16,21). The average Bonchev–Trinajstić information content (AvgIpc) is 2.70. The number of aromatic nitrogens is 1. The monoisotopic (exact) mass is 290 g/mol. The zero-order valence-electron chi connectivity index (χ0n) is 11.7. The minimum Gasteiger partial charge on any atom is -0.322 e. The Balaban J connectivity index is 1.71. The summed E-state index contributed by atoms with van der Waals surface area (Å²) in [6, 6.07) is 4.50. The third-order valence-corrected chi connectivity index (χ3v) is 4.09. The quantitative estimate of drug-likeness (QED) is 0.737. The Morgan fingerprint density at radius 3 is 2.76 bits per heavy atom. The Labute approximate surface area is 121 Å². The largest absolute Gasteiger partial charge is 0.325 e. The van der Waals surface area contributed by atoms with Crippen LogP contribution in [0.5, 0.6) is 0 Å². The molecule has 0 aromatic carbocycles. The van der Waals surface area contributed by atoms with Crippen molar-refractivity contribution in [3.05, 3.63) is 34.7 Å². The number of carbonyl (C=O) groups excluding carboxylic acids is 2. The fraction of sp³-hybridized carbons (Fsp3) is 0.500. The normalized spacial score (nSPS) is 25.4. The number of piperidine rings is 1. The molecule has 1 spiro atoms. The molecule has 3 heterocycles. The summed E-state index contributed by atoms with van der Waals surface area (Å²) in [7, 11) is 0. The maximum atomic E-state index is 12.5. The van der Waals surface area contributed by atoms with Crippen molar-refractivity contribution >= 4 is 11.9 Å². The number of nitrogens with zero attached hydrogens (tertiary/aromatic N) is 2. The highest BCUT2D eigenvalue weighted by Crippen LogP contribution is 2.24. The molecule has 2 aliphatic rings. The van der Waals surface area contributed by atoms with Gasteiger partial charge in [0, 0.05) is 31.9 Å². The molecule has 1 unspecified atom stereocenters. The van der Waals surface area contributed by atoms with E-state index in [1.165, 1.54) is 15.5 Å². The van der Waals surface area contributed by atoms with Gasteiger partial charge in [-0.25, -0.2) is 4.79 Å². The van der Waals surface area contributed by atoms with Gasteiger partial charge in [-0.2, -0.15) is 0 Å². The van der Waals surface area contributed by atoms with E-state index in [9.17, 15) is 14.4 Å². The zero-order valence-corrected chi connectivity index (χ0v) is 11.7. The van der Waals surface area contributed by atoms with E-state index in [-0.39, 0.29) is 24.0 Å². The molecule has 0 radical (unpaired) electrons. The van der Waals surface area contributed by atoms with E-state index in [1.807, 2.05) is 0 Å². The van der Waals surface area contributed by atoms with Crippen LogP contribution in [0.3, 0.4) is 0 Å². The fourth-order valence-corrected chi connectivity index (χ4v) is 2.93. The van der Waals surface area contributed by atoms with Gasteiger partial charge in [0.1, 0.15) is 5.54 Å². The third-order valence-electron chi connectivity index (χ3n) is 4.09. The van der Waals surface area contributed by atoms with Crippen molar-refractivity contribution in [3.8, 4) is 0 Å². The SMILES string of the molecule is O=C1NC2(CCCNC2)C(=O)N1CCn1ccccc1=O.